The lowest BCUT2D eigenvalue weighted by atomic mass is 10.1. The zero-order valence-electron chi connectivity index (χ0n) is 12.8. The van der Waals surface area contributed by atoms with E-state index >= 15 is 0 Å². The second-order valence-corrected chi connectivity index (χ2v) is 5.02. The molecule has 1 amide bonds. The van der Waals surface area contributed by atoms with Crippen molar-refractivity contribution in [1.82, 2.24) is 14.7 Å². The lowest BCUT2D eigenvalue weighted by Crippen LogP contribution is -2.41. The Morgan fingerprint density at radius 1 is 1.40 bits per heavy atom. The summed E-state index contributed by atoms with van der Waals surface area (Å²) in [6, 6.07) is 0.996. The fourth-order valence-corrected chi connectivity index (χ4v) is 2.11. The van der Waals surface area contributed by atoms with Gasteiger partial charge in [-0.15, -0.1) is 0 Å². The quantitative estimate of drug-likeness (QED) is 0.866. The highest BCUT2D eigenvalue weighted by atomic mass is 16.4. The van der Waals surface area contributed by atoms with E-state index in [-0.39, 0.29) is 11.9 Å². The summed E-state index contributed by atoms with van der Waals surface area (Å²) in [5, 5.41) is 13.4. The maximum Gasteiger partial charge on any atom is 0.326 e. The number of carboxylic acid groups (broad SMARTS) is 1. The molecule has 1 rings (SSSR count). The molecule has 20 heavy (non-hydrogen) atoms. The number of hydrogen-bond acceptors (Lipinski definition) is 3. The molecular formula is C14H23N3O3. The molecule has 0 radical (unpaired) electrons. The van der Waals surface area contributed by atoms with E-state index in [1.54, 1.807) is 10.7 Å². The Kier molecular flexibility index (Phi) is 5.30. The Bertz CT molecular complexity index is 492. The van der Waals surface area contributed by atoms with Crippen molar-refractivity contribution in [3.8, 4) is 0 Å². The Morgan fingerprint density at radius 3 is 2.40 bits per heavy atom. The van der Waals surface area contributed by atoms with E-state index < -0.39 is 12.0 Å². The van der Waals surface area contributed by atoms with Crippen molar-refractivity contribution in [3.63, 3.8) is 0 Å². The number of hydrogen-bond donors (Lipinski definition) is 1. The zero-order valence-corrected chi connectivity index (χ0v) is 12.8. The summed E-state index contributed by atoms with van der Waals surface area (Å²) >= 11 is 0. The molecule has 1 unspecified atom stereocenters. The molecule has 1 N–H and O–H groups in total. The highest BCUT2D eigenvalue weighted by molar-refractivity contribution is 5.95. The molecule has 1 heterocycles. The molecule has 0 bridgehead atoms. The molecular weight excluding hydrogens is 258 g/mol. The van der Waals surface area contributed by atoms with E-state index in [4.69, 9.17) is 5.11 Å². The largest absolute Gasteiger partial charge is 0.480 e. The molecule has 112 valence electrons. The molecule has 0 aliphatic carbocycles. The van der Waals surface area contributed by atoms with E-state index in [2.05, 4.69) is 5.10 Å². The summed E-state index contributed by atoms with van der Waals surface area (Å²) in [5.41, 5.74) is 1.21. The number of nitrogens with zero attached hydrogens (tertiary/aromatic N) is 3. The van der Waals surface area contributed by atoms with Gasteiger partial charge in [-0.2, -0.15) is 5.10 Å². The van der Waals surface area contributed by atoms with Gasteiger partial charge in [0.05, 0.1) is 11.7 Å². The van der Waals surface area contributed by atoms with Crippen LogP contribution in [0, 0.1) is 6.92 Å². The van der Waals surface area contributed by atoms with Gasteiger partial charge in [0, 0.05) is 7.05 Å². The molecule has 1 atom stereocenters. The second kappa shape index (κ2) is 6.54. The maximum atomic E-state index is 12.5. The van der Waals surface area contributed by atoms with E-state index in [0.29, 0.717) is 5.69 Å². The fraction of sp³-hybridized carbons (Fsp3) is 0.643. The minimum atomic E-state index is -1.02. The van der Waals surface area contributed by atoms with Gasteiger partial charge < -0.3 is 10.0 Å². The number of likely N-dealkylation sites (N-methyl/N-ethyl adjacent to an activating group) is 1. The number of amides is 1. The second-order valence-electron chi connectivity index (χ2n) is 5.02. The van der Waals surface area contributed by atoms with Crippen LogP contribution >= 0.6 is 0 Å². The van der Waals surface area contributed by atoms with Crippen LogP contribution in [0.1, 0.15) is 55.8 Å². The van der Waals surface area contributed by atoms with Gasteiger partial charge in [-0.05, 0) is 32.8 Å². The third-order valence-corrected chi connectivity index (χ3v) is 3.62. The number of rotatable bonds is 6. The van der Waals surface area contributed by atoms with Crippen LogP contribution in [-0.4, -0.2) is 44.8 Å². The molecule has 0 aliphatic rings. The van der Waals surface area contributed by atoms with Gasteiger partial charge in [-0.1, -0.05) is 13.8 Å². The Hall–Kier alpha value is -1.85. The molecule has 6 heteroatoms. The lowest BCUT2D eigenvalue weighted by Gasteiger charge is -2.23. The lowest BCUT2D eigenvalue weighted by molar-refractivity contribution is -0.141. The summed E-state index contributed by atoms with van der Waals surface area (Å²) in [7, 11) is 1.50. The summed E-state index contributed by atoms with van der Waals surface area (Å²) in [6.45, 7) is 7.41. The first-order valence-electron chi connectivity index (χ1n) is 6.89. The first kappa shape index (κ1) is 16.2. The SMILES string of the molecule is CCC(CC)n1nc(C)cc1C(=O)N(C)C(C)C(=O)O. The van der Waals surface area contributed by atoms with Crippen LogP contribution in [0.2, 0.25) is 0 Å². The monoisotopic (exact) mass is 281 g/mol. The normalized spacial score (nSPS) is 12.5. The Labute approximate surface area is 119 Å². The molecule has 1 aromatic rings. The predicted molar refractivity (Wildman–Crippen MR) is 75.8 cm³/mol. The molecule has 0 aliphatic heterocycles. The van der Waals surface area contributed by atoms with E-state index in [0.717, 1.165) is 18.5 Å². The van der Waals surface area contributed by atoms with Crippen LogP contribution in [0.4, 0.5) is 0 Å². The first-order chi connectivity index (χ1) is 9.33. The molecule has 0 saturated heterocycles. The summed E-state index contributed by atoms with van der Waals surface area (Å²) in [5.74, 6) is -1.33. The van der Waals surface area contributed by atoms with Crippen LogP contribution in [0.25, 0.3) is 0 Å². The maximum absolute atomic E-state index is 12.5. The van der Waals surface area contributed by atoms with Gasteiger partial charge in [0.1, 0.15) is 11.7 Å². The van der Waals surface area contributed by atoms with Crippen molar-refractivity contribution in [3.05, 3.63) is 17.5 Å². The van der Waals surface area contributed by atoms with Gasteiger partial charge in [-0.25, -0.2) is 4.79 Å². The van der Waals surface area contributed by atoms with Crippen LogP contribution in [-0.2, 0) is 4.79 Å². The number of aryl methyl sites for hydroxylation is 1. The van der Waals surface area contributed by atoms with E-state index in [1.807, 2.05) is 20.8 Å². The summed E-state index contributed by atoms with van der Waals surface area (Å²) < 4.78 is 1.72. The third-order valence-electron chi connectivity index (χ3n) is 3.62. The smallest absolute Gasteiger partial charge is 0.326 e. The third kappa shape index (κ3) is 3.18. The van der Waals surface area contributed by atoms with E-state index in [1.165, 1.54) is 18.9 Å². The standard InChI is InChI=1S/C14H23N3O3/c1-6-11(7-2)17-12(8-9(3)15-17)13(18)16(5)10(4)14(19)20/h8,10-11H,6-7H2,1-5H3,(H,19,20). The predicted octanol–water partition coefficient (Wildman–Crippen LogP) is 2.10. The van der Waals surface area contributed by atoms with Gasteiger partial charge in [0.15, 0.2) is 0 Å². The van der Waals surface area contributed by atoms with Crippen LogP contribution in [0.3, 0.4) is 0 Å². The molecule has 0 fully saturated rings. The minimum absolute atomic E-state index is 0.149. The first-order valence-corrected chi connectivity index (χ1v) is 6.89. The topological polar surface area (TPSA) is 75.4 Å². The van der Waals surface area contributed by atoms with Crippen LogP contribution in [0.15, 0.2) is 6.07 Å². The summed E-state index contributed by atoms with van der Waals surface area (Å²) in [4.78, 5) is 24.7. The number of carboxylic acids is 1. The van der Waals surface area contributed by atoms with Crippen molar-refractivity contribution in [2.75, 3.05) is 7.05 Å². The number of aromatic nitrogens is 2. The number of carbonyl (C=O) groups excluding carboxylic acids is 1. The molecule has 0 spiro atoms. The fourth-order valence-electron chi connectivity index (χ4n) is 2.11. The minimum Gasteiger partial charge on any atom is -0.480 e. The average Bonchev–Trinajstić information content (AvgIpc) is 2.79. The molecule has 0 aromatic carbocycles. The molecule has 6 nitrogen and oxygen atoms in total. The Balaban J connectivity index is 3.13. The van der Waals surface area contributed by atoms with Gasteiger partial charge in [-0.3, -0.25) is 9.48 Å². The highest BCUT2D eigenvalue weighted by Gasteiger charge is 2.27. The number of carbonyl (C=O) groups is 2. The van der Waals surface area contributed by atoms with E-state index in [9.17, 15) is 9.59 Å². The van der Waals surface area contributed by atoms with Crippen molar-refractivity contribution in [1.29, 1.82) is 0 Å². The Morgan fingerprint density at radius 2 is 1.95 bits per heavy atom. The zero-order chi connectivity index (χ0) is 15.4. The van der Waals surface area contributed by atoms with Gasteiger partial charge in [0.2, 0.25) is 0 Å². The van der Waals surface area contributed by atoms with Crippen molar-refractivity contribution >= 4 is 11.9 Å². The number of aliphatic carboxylic acids is 1. The van der Waals surface area contributed by atoms with Crippen molar-refractivity contribution in [2.45, 2.75) is 52.6 Å². The van der Waals surface area contributed by atoms with Gasteiger partial charge in [0.25, 0.3) is 5.91 Å². The van der Waals surface area contributed by atoms with Crippen molar-refractivity contribution in [2.24, 2.45) is 0 Å². The average molecular weight is 281 g/mol. The van der Waals surface area contributed by atoms with Crippen LogP contribution in [0.5, 0.6) is 0 Å². The van der Waals surface area contributed by atoms with Crippen molar-refractivity contribution < 1.29 is 14.7 Å². The summed E-state index contributed by atoms with van der Waals surface area (Å²) in [6.07, 6.45) is 1.74. The van der Waals surface area contributed by atoms with Gasteiger partial charge >= 0.3 is 5.97 Å². The highest BCUT2D eigenvalue weighted by Crippen LogP contribution is 2.20. The van der Waals surface area contributed by atoms with Crippen LogP contribution < -0.4 is 0 Å². The molecule has 1 aromatic heterocycles. The molecule has 0 saturated carbocycles.